The van der Waals surface area contributed by atoms with Gasteiger partial charge in [0.05, 0.1) is 17.9 Å². The molecular weight excluding hydrogens is 422 g/mol. The fraction of sp³-hybridized carbons (Fsp3) is 0.0500. The molecule has 0 aliphatic carbocycles. The molecule has 1 aromatic carbocycles. The van der Waals surface area contributed by atoms with Crippen molar-refractivity contribution in [3.63, 3.8) is 0 Å². The maximum absolute atomic E-state index is 12.5. The van der Waals surface area contributed by atoms with E-state index in [1.807, 2.05) is 24.3 Å². The van der Waals surface area contributed by atoms with Gasteiger partial charge >= 0.3 is 0 Å². The van der Waals surface area contributed by atoms with Gasteiger partial charge in [-0.05, 0) is 48.5 Å². The second kappa shape index (κ2) is 7.69. The zero-order valence-corrected chi connectivity index (χ0v) is 16.2. The van der Waals surface area contributed by atoms with E-state index >= 15 is 0 Å². The van der Waals surface area contributed by atoms with E-state index in [0.29, 0.717) is 23.6 Å². The van der Waals surface area contributed by atoms with Gasteiger partial charge in [0.1, 0.15) is 11.4 Å². The van der Waals surface area contributed by atoms with E-state index in [1.54, 1.807) is 36.7 Å². The molecule has 4 N–H and O–H groups in total. The Morgan fingerprint density at radius 2 is 2.00 bits per heavy atom. The number of fused-ring (bicyclic) bond motifs is 1. The van der Waals surface area contributed by atoms with Crippen LogP contribution in [0.5, 0.6) is 0 Å². The third-order valence-corrected chi connectivity index (χ3v) is 4.57. The Kier molecular flexibility index (Phi) is 4.94. The molecule has 0 saturated heterocycles. The first kappa shape index (κ1) is 18.0. The summed E-state index contributed by atoms with van der Waals surface area (Å²) in [4.78, 5) is 20.9. The smallest absolute Gasteiger partial charge is 0.291 e. The molecule has 0 aliphatic heterocycles. The Morgan fingerprint density at radius 3 is 2.86 bits per heavy atom. The molecule has 8 heteroatoms. The fourth-order valence-corrected chi connectivity index (χ4v) is 3.10. The molecule has 0 saturated carbocycles. The van der Waals surface area contributed by atoms with Crippen molar-refractivity contribution in [3.8, 4) is 0 Å². The van der Waals surface area contributed by atoms with Gasteiger partial charge < -0.3 is 20.8 Å². The molecular formula is C20H16BrN5O2. The average Bonchev–Trinajstić information content (AvgIpc) is 3.11. The van der Waals surface area contributed by atoms with Crippen molar-refractivity contribution < 1.29 is 9.21 Å². The third-order valence-electron chi connectivity index (χ3n) is 4.08. The summed E-state index contributed by atoms with van der Waals surface area (Å²) in [5, 5.41) is 6.87. The van der Waals surface area contributed by atoms with Gasteiger partial charge in [-0.1, -0.05) is 15.9 Å². The second-order valence-corrected chi connectivity index (χ2v) is 6.99. The number of nitrogens with one attached hydrogen (secondary N) is 2. The Morgan fingerprint density at radius 1 is 1.11 bits per heavy atom. The van der Waals surface area contributed by atoms with Gasteiger partial charge in [0.25, 0.3) is 5.91 Å². The lowest BCUT2D eigenvalue weighted by atomic mass is 10.2. The average molecular weight is 438 g/mol. The van der Waals surface area contributed by atoms with Gasteiger partial charge in [-0.2, -0.15) is 0 Å². The molecule has 140 valence electrons. The van der Waals surface area contributed by atoms with Crippen molar-refractivity contribution >= 4 is 50.0 Å². The Balaban J connectivity index is 1.46. The molecule has 3 aromatic heterocycles. The van der Waals surface area contributed by atoms with E-state index < -0.39 is 0 Å². The van der Waals surface area contributed by atoms with E-state index in [9.17, 15) is 4.79 Å². The van der Waals surface area contributed by atoms with Gasteiger partial charge in [-0.15, -0.1) is 0 Å². The van der Waals surface area contributed by atoms with Crippen LogP contribution in [0.3, 0.4) is 0 Å². The van der Waals surface area contributed by atoms with Gasteiger partial charge in [-0.25, -0.2) is 4.98 Å². The number of nitrogen functional groups attached to an aromatic ring is 1. The van der Waals surface area contributed by atoms with E-state index in [4.69, 9.17) is 10.2 Å². The molecule has 0 spiro atoms. The van der Waals surface area contributed by atoms with Crippen LogP contribution in [0.25, 0.3) is 11.0 Å². The molecule has 0 aliphatic rings. The number of nitrogens with two attached hydrogens (primary N) is 1. The zero-order valence-electron chi connectivity index (χ0n) is 14.6. The first-order valence-electron chi connectivity index (χ1n) is 8.48. The van der Waals surface area contributed by atoms with Crippen LogP contribution in [0.2, 0.25) is 0 Å². The highest BCUT2D eigenvalue weighted by molar-refractivity contribution is 9.10. The third kappa shape index (κ3) is 3.96. The number of aromatic nitrogens is 2. The maximum Gasteiger partial charge on any atom is 0.291 e. The number of amides is 1. The molecule has 1 amide bonds. The first-order valence-corrected chi connectivity index (χ1v) is 9.27. The summed E-state index contributed by atoms with van der Waals surface area (Å²) in [7, 11) is 0. The lowest BCUT2D eigenvalue weighted by Gasteiger charge is -2.09. The summed E-state index contributed by atoms with van der Waals surface area (Å²) in [6.07, 6.45) is 3.26. The molecule has 0 unspecified atom stereocenters. The van der Waals surface area contributed by atoms with Crippen molar-refractivity contribution in [2.45, 2.75) is 6.54 Å². The van der Waals surface area contributed by atoms with Crippen molar-refractivity contribution in [1.82, 2.24) is 9.97 Å². The van der Waals surface area contributed by atoms with Crippen LogP contribution in [0, 0.1) is 0 Å². The first-order chi connectivity index (χ1) is 13.6. The predicted molar refractivity (Wildman–Crippen MR) is 112 cm³/mol. The van der Waals surface area contributed by atoms with E-state index in [0.717, 1.165) is 21.2 Å². The van der Waals surface area contributed by atoms with Crippen LogP contribution in [0.15, 0.2) is 69.8 Å². The number of halogens is 1. The van der Waals surface area contributed by atoms with Crippen LogP contribution in [0.4, 0.5) is 17.2 Å². The molecule has 0 radical (unpaired) electrons. The largest absolute Gasteiger partial charge is 0.451 e. The number of nitrogens with zero attached hydrogens (tertiary/aromatic N) is 2. The number of pyridine rings is 2. The van der Waals surface area contributed by atoms with Gasteiger partial charge in [0.2, 0.25) is 0 Å². The van der Waals surface area contributed by atoms with Crippen molar-refractivity contribution in [2.24, 2.45) is 0 Å². The highest BCUT2D eigenvalue weighted by atomic mass is 79.9. The number of rotatable bonds is 5. The molecule has 3 heterocycles. The zero-order chi connectivity index (χ0) is 19.5. The SMILES string of the molecule is Nc1ncccc1NCc1cc(NC(=O)c2cc3cc(Br)ccc3o2)ccn1. The Hall–Kier alpha value is -3.39. The fourth-order valence-electron chi connectivity index (χ4n) is 2.72. The molecule has 28 heavy (non-hydrogen) atoms. The Labute approximate surface area is 169 Å². The van der Waals surface area contributed by atoms with Gasteiger partial charge in [0, 0.05) is 27.9 Å². The van der Waals surface area contributed by atoms with Crippen LogP contribution < -0.4 is 16.4 Å². The normalized spacial score (nSPS) is 10.8. The van der Waals surface area contributed by atoms with E-state index in [2.05, 4.69) is 36.5 Å². The monoisotopic (exact) mass is 437 g/mol. The summed E-state index contributed by atoms with van der Waals surface area (Å²) in [6.45, 7) is 0.443. The van der Waals surface area contributed by atoms with Gasteiger partial charge in [-0.3, -0.25) is 9.78 Å². The number of hydrogen-bond acceptors (Lipinski definition) is 6. The molecule has 0 fully saturated rings. The lowest BCUT2D eigenvalue weighted by molar-refractivity contribution is 0.0998. The maximum atomic E-state index is 12.5. The van der Waals surface area contributed by atoms with Crippen molar-refractivity contribution in [1.29, 1.82) is 0 Å². The topological polar surface area (TPSA) is 106 Å². The highest BCUT2D eigenvalue weighted by Crippen LogP contribution is 2.24. The number of benzene rings is 1. The summed E-state index contributed by atoms with van der Waals surface area (Å²) >= 11 is 3.41. The Bertz CT molecular complexity index is 1160. The molecule has 0 atom stereocenters. The van der Waals surface area contributed by atoms with E-state index in [1.165, 1.54) is 0 Å². The van der Waals surface area contributed by atoms with Crippen molar-refractivity contribution in [2.75, 3.05) is 16.4 Å². The molecule has 4 aromatic rings. The number of anilines is 3. The van der Waals surface area contributed by atoms with E-state index in [-0.39, 0.29) is 11.7 Å². The number of carbonyl (C=O) groups excluding carboxylic acids is 1. The van der Waals surface area contributed by atoms with Crippen molar-refractivity contribution in [3.05, 3.63) is 76.9 Å². The summed E-state index contributed by atoms with van der Waals surface area (Å²) in [6, 6.07) is 14.4. The summed E-state index contributed by atoms with van der Waals surface area (Å²) in [5.41, 5.74) is 8.57. The number of furan rings is 1. The van der Waals surface area contributed by atoms with Crippen LogP contribution in [-0.2, 0) is 6.54 Å². The van der Waals surface area contributed by atoms with Gasteiger partial charge in [0.15, 0.2) is 5.76 Å². The molecule has 7 nitrogen and oxygen atoms in total. The minimum atomic E-state index is -0.325. The second-order valence-electron chi connectivity index (χ2n) is 6.07. The number of carbonyl (C=O) groups is 1. The summed E-state index contributed by atoms with van der Waals surface area (Å²) < 4.78 is 6.55. The van der Waals surface area contributed by atoms with Crippen LogP contribution in [-0.4, -0.2) is 15.9 Å². The summed E-state index contributed by atoms with van der Waals surface area (Å²) in [5.74, 6) is 0.338. The minimum absolute atomic E-state index is 0.243. The minimum Gasteiger partial charge on any atom is -0.451 e. The highest BCUT2D eigenvalue weighted by Gasteiger charge is 2.13. The predicted octanol–water partition coefficient (Wildman–Crippen LogP) is 4.43. The molecule has 4 rings (SSSR count). The quantitative estimate of drug-likeness (QED) is 0.426. The van der Waals surface area contributed by atoms with Crippen LogP contribution in [0.1, 0.15) is 16.2 Å². The number of hydrogen-bond donors (Lipinski definition) is 3. The lowest BCUT2D eigenvalue weighted by Crippen LogP contribution is -2.12. The standard InChI is InChI=1S/C20H16BrN5O2/c21-13-3-4-17-12(8-13)9-18(28-17)20(27)26-14-5-7-23-15(10-14)11-25-16-2-1-6-24-19(16)22/h1-10,25H,11H2,(H2,22,24)(H,23,26,27). The molecule has 0 bridgehead atoms. The van der Waals surface area contributed by atoms with Crippen LogP contribution >= 0.6 is 15.9 Å².